The van der Waals surface area contributed by atoms with Gasteiger partial charge in [0.05, 0.1) is 17.8 Å². The summed E-state index contributed by atoms with van der Waals surface area (Å²) < 4.78 is 15.6. The number of nitrogens with zero attached hydrogens (tertiary/aromatic N) is 2. The lowest BCUT2D eigenvalue weighted by atomic mass is 10.0. The number of carboxylic acid groups (broad SMARTS) is 1. The van der Waals surface area contributed by atoms with Crippen LogP contribution in [0.25, 0.3) is 16.9 Å². The Bertz CT molecular complexity index is 1070. The molecule has 0 radical (unpaired) electrons. The van der Waals surface area contributed by atoms with E-state index >= 15 is 0 Å². The van der Waals surface area contributed by atoms with Crippen molar-refractivity contribution >= 4 is 17.5 Å². The molecule has 2 aromatic heterocycles. The number of nitrogens with one attached hydrogen (secondary N) is 1. The van der Waals surface area contributed by atoms with Gasteiger partial charge < -0.3 is 14.8 Å². The third-order valence-electron chi connectivity index (χ3n) is 4.84. The van der Waals surface area contributed by atoms with Gasteiger partial charge >= 0.3 is 5.97 Å². The lowest BCUT2D eigenvalue weighted by molar-refractivity contribution is -0.141. The number of aryl methyl sites for hydroxylation is 2. The van der Waals surface area contributed by atoms with E-state index in [4.69, 9.17) is 0 Å². The van der Waals surface area contributed by atoms with Crippen LogP contribution < -0.4 is 5.32 Å². The standard InChI is InChI=1S/C22H24FN3O3/c1-4-5-17(22(28)29)24-20(27)11-18-21(15-7-8-16(23)14(3)10-15)25-19-9-6-13(2)12-26(18)19/h6-10,12,17H,4-5,11H2,1-3H3,(H,24,27)(H,28,29). The molecule has 3 rings (SSSR count). The molecule has 2 heterocycles. The molecule has 0 fully saturated rings. The molecule has 3 aromatic rings. The van der Waals surface area contributed by atoms with Gasteiger partial charge in [-0.3, -0.25) is 4.79 Å². The molecular formula is C22H24FN3O3. The van der Waals surface area contributed by atoms with Crippen LogP contribution in [-0.4, -0.2) is 32.4 Å². The minimum Gasteiger partial charge on any atom is -0.480 e. The molecular weight excluding hydrogens is 373 g/mol. The number of benzene rings is 1. The van der Waals surface area contributed by atoms with Crippen molar-refractivity contribution in [2.24, 2.45) is 0 Å². The molecule has 0 spiro atoms. The minimum absolute atomic E-state index is 0.0378. The number of aliphatic carboxylic acids is 1. The second-order valence-electron chi connectivity index (χ2n) is 7.23. The van der Waals surface area contributed by atoms with Crippen LogP contribution in [0.4, 0.5) is 4.39 Å². The monoisotopic (exact) mass is 397 g/mol. The average molecular weight is 397 g/mol. The van der Waals surface area contributed by atoms with E-state index < -0.39 is 17.9 Å². The number of hydrogen-bond donors (Lipinski definition) is 2. The number of rotatable bonds is 7. The summed E-state index contributed by atoms with van der Waals surface area (Å²) in [7, 11) is 0. The van der Waals surface area contributed by atoms with Crippen molar-refractivity contribution in [1.82, 2.24) is 14.7 Å². The quantitative estimate of drug-likeness (QED) is 0.637. The van der Waals surface area contributed by atoms with Crippen LogP contribution >= 0.6 is 0 Å². The molecule has 1 amide bonds. The van der Waals surface area contributed by atoms with E-state index in [9.17, 15) is 19.1 Å². The van der Waals surface area contributed by atoms with Gasteiger partial charge in [0.25, 0.3) is 0 Å². The van der Waals surface area contributed by atoms with Crippen molar-refractivity contribution in [3.05, 3.63) is 59.2 Å². The van der Waals surface area contributed by atoms with Gasteiger partial charge in [0.2, 0.25) is 5.91 Å². The van der Waals surface area contributed by atoms with Gasteiger partial charge in [0.1, 0.15) is 17.5 Å². The second kappa shape index (κ2) is 8.43. The molecule has 1 atom stereocenters. The maximum atomic E-state index is 13.7. The fourth-order valence-electron chi connectivity index (χ4n) is 3.34. The molecule has 0 saturated heterocycles. The predicted octanol–water partition coefficient (Wildman–Crippen LogP) is 3.67. The average Bonchev–Trinajstić information content (AvgIpc) is 3.01. The molecule has 1 unspecified atom stereocenters. The van der Waals surface area contributed by atoms with Crippen LogP contribution in [0.15, 0.2) is 36.5 Å². The molecule has 0 bridgehead atoms. The van der Waals surface area contributed by atoms with Crippen molar-refractivity contribution in [3.63, 3.8) is 0 Å². The van der Waals surface area contributed by atoms with Crippen LogP contribution in [-0.2, 0) is 16.0 Å². The Balaban J connectivity index is 2.02. The van der Waals surface area contributed by atoms with Crippen LogP contribution in [0.3, 0.4) is 0 Å². The number of halogens is 1. The molecule has 152 valence electrons. The van der Waals surface area contributed by atoms with Crippen molar-refractivity contribution < 1.29 is 19.1 Å². The number of imidazole rings is 1. The largest absolute Gasteiger partial charge is 0.480 e. The fourth-order valence-corrected chi connectivity index (χ4v) is 3.34. The zero-order valence-corrected chi connectivity index (χ0v) is 16.7. The van der Waals surface area contributed by atoms with Gasteiger partial charge in [-0.05, 0) is 55.7 Å². The van der Waals surface area contributed by atoms with Crippen LogP contribution in [0.1, 0.15) is 36.6 Å². The fraction of sp³-hybridized carbons (Fsp3) is 0.318. The first kappa shape index (κ1) is 20.5. The first-order chi connectivity index (χ1) is 13.8. The zero-order valence-electron chi connectivity index (χ0n) is 16.7. The van der Waals surface area contributed by atoms with Crippen molar-refractivity contribution in [1.29, 1.82) is 0 Å². The maximum absolute atomic E-state index is 13.7. The molecule has 0 saturated carbocycles. The van der Waals surface area contributed by atoms with Crippen LogP contribution in [0.5, 0.6) is 0 Å². The number of pyridine rings is 1. The number of amides is 1. The van der Waals surface area contributed by atoms with E-state index in [0.717, 1.165) is 5.56 Å². The van der Waals surface area contributed by atoms with Gasteiger partial charge in [-0.1, -0.05) is 19.4 Å². The molecule has 0 aliphatic heterocycles. The van der Waals surface area contributed by atoms with Crippen molar-refractivity contribution in [3.8, 4) is 11.3 Å². The van der Waals surface area contributed by atoms with Crippen LogP contribution in [0.2, 0.25) is 0 Å². The highest BCUT2D eigenvalue weighted by Gasteiger charge is 2.22. The summed E-state index contributed by atoms with van der Waals surface area (Å²) in [6.45, 7) is 5.48. The SMILES string of the molecule is CCCC(NC(=O)Cc1c(-c2ccc(F)c(C)c2)nc2ccc(C)cn12)C(=O)O. The first-order valence-corrected chi connectivity index (χ1v) is 9.56. The first-order valence-electron chi connectivity index (χ1n) is 9.56. The second-order valence-corrected chi connectivity index (χ2v) is 7.23. The Morgan fingerprint density at radius 1 is 1.24 bits per heavy atom. The highest BCUT2D eigenvalue weighted by Crippen LogP contribution is 2.27. The highest BCUT2D eigenvalue weighted by molar-refractivity contribution is 5.86. The minimum atomic E-state index is -1.05. The van der Waals surface area contributed by atoms with Crippen LogP contribution in [0, 0.1) is 19.7 Å². The number of aromatic nitrogens is 2. The summed E-state index contributed by atoms with van der Waals surface area (Å²) in [5, 5.41) is 11.9. The van der Waals surface area contributed by atoms with E-state index in [-0.39, 0.29) is 12.2 Å². The van der Waals surface area contributed by atoms with Gasteiger partial charge in [-0.15, -0.1) is 0 Å². The van der Waals surface area contributed by atoms with Crippen molar-refractivity contribution in [2.45, 2.75) is 46.1 Å². The third kappa shape index (κ3) is 4.45. The number of carbonyl (C=O) groups excluding carboxylic acids is 1. The Morgan fingerprint density at radius 2 is 2.00 bits per heavy atom. The van der Waals surface area contributed by atoms with Gasteiger partial charge in [0.15, 0.2) is 0 Å². The predicted molar refractivity (Wildman–Crippen MR) is 108 cm³/mol. The molecule has 1 aromatic carbocycles. The number of carboxylic acids is 1. The topological polar surface area (TPSA) is 83.7 Å². The molecule has 29 heavy (non-hydrogen) atoms. The Morgan fingerprint density at radius 3 is 2.66 bits per heavy atom. The maximum Gasteiger partial charge on any atom is 0.326 e. The number of fused-ring (bicyclic) bond motifs is 1. The molecule has 7 heteroatoms. The summed E-state index contributed by atoms with van der Waals surface area (Å²) in [6.07, 6.45) is 2.85. The van der Waals surface area contributed by atoms with E-state index in [1.54, 1.807) is 19.1 Å². The van der Waals surface area contributed by atoms with Gasteiger partial charge in [-0.2, -0.15) is 0 Å². The summed E-state index contributed by atoms with van der Waals surface area (Å²) in [4.78, 5) is 28.7. The Hall–Kier alpha value is -3.22. The molecule has 0 aliphatic carbocycles. The highest BCUT2D eigenvalue weighted by atomic mass is 19.1. The summed E-state index contributed by atoms with van der Waals surface area (Å²) in [6, 6.07) is 7.56. The van der Waals surface area contributed by atoms with E-state index in [0.29, 0.717) is 41.0 Å². The number of hydrogen-bond acceptors (Lipinski definition) is 3. The van der Waals surface area contributed by atoms with Gasteiger partial charge in [0, 0.05) is 11.8 Å². The molecule has 6 nitrogen and oxygen atoms in total. The normalized spacial score (nSPS) is 12.1. The van der Waals surface area contributed by atoms with Gasteiger partial charge in [-0.25, -0.2) is 14.2 Å². The Labute approximate surface area is 168 Å². The lowest BCUT2D eigenvalue weighted by Gasteiger charge is -2.14. The lowest BCUT2D eigenvalue weighted by Crippen LogP contribution is -2.41. The van der Waals surface area contributed by atoms with E-state index in [1.165, 1.54) is 6.07 Å². The van der Waals surface area contributed by atoms with E-state index in [1.807, 2.05) is 36.6 Å². The summed E-state index contributed by atoms with van der Waals surface area (Å²) in [5.41, 5.74) is 4.06. The van der Waals surface area contributed by atoms with Crippen molar-refractivity contribution in [2.75, 3.05) is 0 Å². The smallest absolute Gasteiger partial charge is 0.326 e. The Kier molecular flexibility index (Phi) is 5.96. The molecule has 2 N–H and O–H groups in total. The zero-order chi connectivity index (χ0) is 21.1. The number of carbonyl (C=O) groups is 2. The summed E-state index contributed by atoms with van der Waals surface area (Å²) >= 11 is 0. The molecule has 0 aliphatic rings. The third-order valence-corrected chi connectivity index (χ3v) is 4.84. The summed E-state index contributed by atoms with van der Waals surface area (Å²) in [5.74, 6) is -1.76. The van der Waals surface area contributed by atoms with E-state index in [2.05, 4.69) is 10.3 Å².